The van der Waals surface area contributed by atoms with Crippen molar-refractivity contribution in [3.63, 3.8) is 0 Å². The van der Waals surface area contributed by atoms with Gasteiger partial charge in [-0.2, -0.15) is 0 Å². The summed E-state index contributed by atoms with van der Waals surface area (Å²) in [5.41, 5.74) is 2.57. The molecule has 1 aromatic heterocycles. The normalized spacial score (nSPS) is 17.5. The Morgan fingerprint density at radius 2 is 1.76 bits per heavy atom. The van der Waals surface area contributed by atoms with E-state index in [9.17, 15) is 19.1 Å². The fraction of sp³-hybridized carbons (Fsp3) is 0.207. The number of imidazole rings is 1. The van der Waals surface area contributed by atoms with Gasteiger partial charge in [-0.1, -0.05) is 57.2 Å². The van der Waals surface area contributed by atoms with Gasteiger partial charge in [0.25, 0.3) is 5.78 Å². The molecule has 37 heavy (non-hydrogen) atoms. The van der Waals surface area contributed by atoms with E-state index >= 15 is 0 Å². The number of aliphatic hydroxyl groups is 1. The average molecular weight is 500 g/mol. The Labute approximate surface area is 213 Å². The third-order valence-electron chi connectivity index (χ3n) is 6.56. The second-order valence-corrected chi connectivity index (χ2v) is 9.96. The number of hydrogen-bond donors (Lipinski definition) is 2. The molecule has 3 aromatic carbocycles. The van der Waals surface area contributed by atoms with Crippen LogP contribution in [0.4, 0.5) is 10.3 Å². The highest BCUT2D eigenvalue weighted by Gasteiger charge is 2.48. The Bertz CT molecular complexity index is 1560. The molecule has 0 radical (unpaired) electrons. The maximum atomic E-state index is 13.8. The van der Waals surface area contributed by atoms with Gasteiger partial charge in [0.2, 0.25) is 5.95 Å². The number of rotatable bonds is 4. The largest absolute Gasteiger partial charge is 0.507 e. The summed E-state index contributed by atoms with van der Waals surface area (Å²) in [5, 5.41) is 11.4. The van der Waals surface area contributed by atoms with Crippen molar-refractivity contribution in [2.75, 3.05) is 12.0 Å². The lowest BCUT2D eigenvalue weighted by atomic mass is 9.85. The van der Waals surface area contributed by atoms with E-state index in [2.05, 4.69) is 30.7 Å². The summed E-state index contributed by atoms with van der Waals surface area (Å²) in [6, 6.07) is 17.3. The van der Waals surface area contributed by atoms with E-state index in [0.29, 0.717) is 22.3 Å². The van der Waals surface area contributed by atoms with Crippen molar-refractivity contribution in [1.82, 2.24) is 9.97 Å². The molecule has 1 amide bonds. The number of carbonyl (C=O) groups excluding carboxylic acids is 2. The fourth-order valence-corrected chi connectivity index (χ4v) is 4.60. The van der Waals surface area contributed by atoms with Gasteiger partial charge in [0.15, 0.2) is 0 Å². The van der Waals surface area contributed by atoms with Crippen LogP contribution in [0.25, 0.3) is 16.8 Å². The molecule has 2 heterocycles. The van der Waals surface area contributed by atoms with Crippen molar-refractivity contribution in [2.45, 2.75) is 32.2 Å². The van der Waals surface area contributed by atoms with Crippen LogP contribution in [-0.4, -0.2) is 33.9 Å². The number of ketones is 1. The number of aromatic amines is 1. The monoisotopic (exact) mass is 499 g/mol. The molecule has 5 rings (SSSR count). The molecular weight excluding hydrogens is 473 g/mol. The first-order valence-corrected chi connectivity index (χ1v) is 11.8. The van der Waals surface area contributed by atoms with E-state index < -0.39 is 23.5 Å². The minimum absolute atomic E-state index is 0.0756. The summed E-state index contributed by atoms with van der Waals surface area (Å²) < 4.78 is 19.2. The van der Waals surface area contributed by atoms with Crippen molar-refractivity contribution in [3.05, 3.63) is 94.8 Å². The number of carbonyl (C=O) groups is 2. The summed E-state index contributed by atoms with van der Waals surface area (Å²) in [6.07, 6.45) is 0. The van der Waals surface area contributed by atoms with Crippen LogP contribution in [0.5, 0.6) is 5.75 Å². The number of nitrogens with one attached hydrogen (secondary N) is 1. The number of aliphatic hydroxyl groups excluding tert-OH is 1. The standard InChI is InChI=1S/C29H26FN3O4/c1-29(2,3)17-11-9-16(10-12-17)24-23(25(34)19-7-5-6-8-22(19)37-4)26(35)27(36)33(24)28-31-20-14-13-18(30)15-21(20)32-28/h5-15,24,34H,1-4H3,(H,31,32)/b25-23+. The summed E-state index contributed by atoms with van der Waals surface area (Å²) in [6.45, 7) is 6.26. The second-order valence-electron chi connectivity index (χ2n) is 9.96. The first-order valence-electron chi connectivity index (χ1n) is 11.8. The minimum atomic E-state index is -0.982. The molecule has 1 saturated heterocycles. The van der Waals surface area contributed by atoms with E-state index in [1.165, 1.54) is 30.2 Å². The number of amides is 1. The van der Waals surface area contributed by atoms with Gasteiger partial charge in [0, 0.05) is 0 Å². The number of nitrogens with zero attached hydrogens (tertiary/aromatic N) is 2. The molecule has 0 saturated carbocycles. The van der Waals surface area contributed by atoms with E-state index in [0.717, 1.165) is 5.56 Å². The van der Waals surface area contributed by atoms with Gasteiger partial charge in [-0.05, 0) is 46.9 Å². The number of benzene rings is 3. The van der Waals surface area contributed by atoms with Crippen LogP contribution in [0.1, 0.15) is 43.5 Å². The maximum Gasteiger partial charge on any atom is 0.302 e. The number of para-hydroxylation sites is 1. The topological polar surface area (TPSA) is 95.5 Å². The smallest absolute Gasteiger partial charge is 0.302 e. The molecule has 2 N–H and O–H groups in total. The number of halogens is 1. The zero-order valence-corrected chi connectivity index (χ0v) is 20.9. The lowest BCUT2D eigenvalue weighted by Gasteiger charge is -2.25. The van der Waals surface area contributed by atoms with E-state index in [-0.39, 0.29) is 28.3 Å². The highest BCUT2D eigenvalue weighted by molar-refractivity contribution is 6.51. The van der Waals surface area contributed by atoms with E-state index in [4.69, 9.17) is 4.74 Å². The Hall–Kier alpha value is -4.46. The summed E-state index contributed by atoms with van der Waals surface area (Å²) >= 11 is 0. The van der Waals surface area contributed by atoms with Crippen LogP contribution in [0, 0.1) is 5.82 Å². The molecule has 4 aromatic rings. The summed E-state index contributed by atoms with van der Waals surface area (Å²) in [5.74, 6) is -2.11. The quantitative estimate of drug-likeness (QED) is 0.215. The van der Waals surface area contributed by atoms with Crippen molar-refractivity contribution in [3.8, 4) is 5.75 Å². The third-order valence-corrected chi connectivity index (χ3v) is 6.56. The molecule has 0 spiro atoms. The molecular formula is C29H26FN3O4. The average Bonchev–Trinajstić information content (AvgIpc) is 3.40. The van der Waals surface area contributed by atoms with Crippen LogP contribution in [0.15, 0.2) is 72.3 Å². The van der Waals surface area contributed by atoms with Gasteiger partial charge < -0.3 is 14.8 Å². The van der Waals surface area contributed by atoms with Gasteiger partial charge in [-0.15, -0.1) is 0 Å². The molecule has 1 atom stereocenters. The highest BCUT2D eigenvalue weighted by atomic mass is 19.1. The minimum Gasteiger partial charge on any atom is -0.507 e. The Kier molecular flexibility index (Phi) is 5.82. The molecule has 1 aliphatic heterocycles. The molecule has 1 unspecified atom stereocenters. The van der Waals surface area contributed by atoms with Crippen LogP contribution in [-0.2, 0) is 15.0 Å². The van der Waals surface area contributed by atoms with Crippen molar-refractivity contribution in [1.29, 1.82) is 0 Å². The second kappa shape index (κ2) is 8.89. The first-order chi connectivity index (χ1) is 17.6. The first kappa shape index (κ1) is 24.2. The zero-order valence-electron chi connectivity index (χ0n) is 20.9. The molecule has 1 fully saturated rings. The van der Waals surface area contributed by atoms with Gasteiger partial charge in [0.05, 0.1) is 35.3 Å². The van der Waals surface area contributed by atoms with Crippen LogP contribution >= 0.6 is 0 Å². The summed E-state index contributed by atoms with van der Waals surface area (Å²) in [4.78, 5) is 35.5. The lowest BCUT2D eigenvalue weighted by molar-refractivity contribution is -0.132. The van der Waals surface area contributed by atoms with Crippen LogP contribution < -0.4 is 9.64 Å². The number of aromatic nitrogens is 2. The molecule has 1 aliphatic rings. The van der Waals surface area contributed by atoms with Crippen LogP contribution in [0.2, 0.25) is 0 Å². The van der Waals surface area contributed by atoms with Gasteiger partial charge in [-0.3, -0.25) is 14.5 Å². The maximum absolute atomic E-state index is 13.8. The highest BCUT2D eigenvalue weighted by Crippen LogP contribution is 2.43. The van der Waals surface area contributed by atoms with Crippen molar-refractivity contribution in [2.24, 2.45) is 0 Å². The van der Waals surface area contributed by atoms with E-state index in [1.807, 2.05) is 24.3 Å². The number of fused-ring (bicyclic) bond motifs is 1. The lowest BCUT2D eigenvalue weighted by Crippen LogP contribution is -2.30. The van der Waals surface area contributed by atoms with Gasteiger partial charge in [-0.25, -0.2) is 9.37 Å². The molecule has 188 valence electrons. The number of hydrogen-bond acceptors (Lipinski definition) is 5. The Morgan fingerprint density at radius 1 is 1.05 bits per heavy atom. The molecule has 7 nitrogen and oxygen atoms in total. The predicted molar refractivity (Wildman–Crippen MR) is 139 cm³/mol. The van der Waals surface area contributed by atoms with Gasteiger partial charge in [0.1, 0.15) is 17.3 Å². The van der Waals surface area contributed by atoms with Gasteiger partial charge >= 0.3 is 5.91 Å². The Balaban J connectivity index is 1.74. The van der Waals surface area contributed by atoms with Crippen molar-refractivity contribution >= 4 is 34.4 Å². The third kappa shape index (κ3) is 4.14. The van der Waals surface area contributed by atoms with Crippen LogP contribution in [0.3, 0.4) is 0 Å². The predicted octanol–water partition coefficient (Wildman–Crippen LogP) is 5.63. The SMILES string of the molecule is COc1ccccc1/C(O)=C1\C(=O)C(=O)N(c2nc3ccc(F)cc3[nH]2)C1c1ccc(C(C)(C)C)cc1. The Morgan fingerprint density at radius 3 is 2.43 bits per heavy atom. The number of ether oxygens (including phenoxy) is 1. The van der Waals surface area contributed by atoms with Crippen molar-refractivity contribution < 1.29 is 23.8 Å². The molecule has 0 bridgehead atoms. The zero-order chi connectivity index (χ0) is 26.5. The molecule has 0 aliphatic carbocycles. The number of Topliss-reactive ketones (excluding diaryl/α,β-unsaturated/α-hetero) is 1. The fourth-order valence-electron chi connectivity index (χ4n) is 4.60. The summed E-state index contributed by atoms with van der Waals surface area (Å²) in [7, 11) is 1.46. The number of methoxy groups -OCH3 is 1. The molecule has 8 heteroatoms. The van der Waals surface area contributed by atoms with E-state index in [1.54, 1.807) is 24.3 Å². The number of H-pyrrole nitrogens is 1. The number of anilines is 1.